The van der Waals surface area contributed by atoms with E-state index in [1.54, 1.807) is 0 Å². The molecule has 2 rings (SSSR count). The van der Waals surface area contributed by atoms with Crippen molar-refractivity contribution in [1.82, 2.24) is 5.32 Å². The van der Waals surface area contributed by atoms with E-state index in [1.165, 1.54) is 64.2 Å². The molecular weight excluding hydrogens is 690 g/mol. The summed E-state index contributed by atoms with van der Waals surface area (Å²) in [6.45, 7) is 2.72. The second-order valence-corrected chi connectivity index (χ2v) is 15.1. The third-order valence-electron chi connectivity index (χ3n) is 10.6. The molecule has 2 heterocycles. The van der Waals surface area contributed by atoms with Crippen molar-refractivity contribution in [2.24, 2.45) is 0 Å². The first-order valence-corrected chi connectivity index (χ1v) is 20.8. The van der Waals surface area contributed by atoms with Crippen LogP contribution in [0, 0.1) is 0 Å². The maximum atomic E-state index is 12.9. The Morgan fingerprint density at radius 1 is 0.604 bits per heavy atom. The van der Waals surface area contributed by atoms with Crippen LogP contribution in [0.5, 0.6) is 0 Å². The molecule has 1 amide bonds. The molecule has 0 bridgehead atoms. The molecule has 2 aliphatic heterocycles. The van der Waals surface area contributed by atoms with Gasteiger partial charge in [-0.05, 0) is 12.8 Å². The maximum absolute atomic E-state index is 12.9. The molecule has 14 heteroatoms. The van der Waals surface area contributed by atoms with Crippen molar-refractivity contribution in [3.8, 4) is 0 Å². The Morgan fingerprint density at radius 2 is 1.08 bits per heavy atom. The normalized spacial score (nSPS) is 30.3. The average Bonchev–Trinajstić information content (AvgIpc) is 3.15. The summed E-state index contributed by atoms with van der Waals surface area (Å²) >= 11 is 0. The number of aliphatic hydroxyl groups excluding tert-OH is 8. The summed E-state index contributed by atoms with van der Waals surface area (Å²) in [5.41, 5.74) is 0. The van der Waals surface area contributed by atoms with Crippen molar-refractivity contribution in [2.45, 2.75) is 222 Å². The number of nitrogens with one attached hydrogen (secondary N) is 1. The minimum absolute atomic E-state index is 0.221. The van der Waals surface area contributed by atoms with E-state index < -0.39 is 86.8 Å². The highest BCUT2D eigenvalue weighted by molar-refractivity contribution is 5.76. The van der Waals surface area contributed by atoms with E-state index in [1.807, 2.05) is 0 Å². The van der Waals surface area contributed by atoms with Gasteiger partial charge in [-0.1, -0.05) is 129 Å². The number of hydrogen-bond donors (Lipinski definition) is 9. The van der Waals surface area contributed by atoms with Gasteiger partial charge < -0.3 is 65.1 Å². The monoisotopic (exact) mass is 766 g/mol. The van der Waals surface area contributed by atoms with Gasteiger partial charge in [0, 0.05) is 6.42 Å². The summed E-state index contributed by atoms with van der Waals surface area (Å²) in [7, 11) is 0. The van der Waals surface area contributed by atoms with Gasteiger partial charge in [0.25, 0.3) is 0 Å². The third-order valence-corrected chi connectivity index (χ3v) is 10.6. The van der Waals surface area contributed by atoms with Crippen molar-refractivity contribution in [3.05, 3.63) is 0 Å². The summed E-state index contributed by atoms with van der Waals surface area (Å²) in [4.78, 5) is 12.9. The predicted octanol–water partition coefficient (Wildman–Crippen LogP) is 2.70. The molecule has 2 saturated heterocycles. The number of aliphatic hydroxyl groups is 8. The first kappa shape index (κ1) is 48.1. The topological polar surface area (TPSA) is 228 Å². The quantitative estimate of drug-likeness (QED) is 0.0480. The Bertz CT molecular complexity index is 915. The Balaban J connectivity index is 1.87. The van der Waals surface area contributed by atoms with Gasteiger partial charge in [-0.3, -0.25) is 4.79 Å². The minimum atomic E-state index is -1.78. The summed E-state index contributed by atoms with van der Waals surface area (Å²) < 4.78 is 22.5. The second-order valence-electron chi connectivity index (χ2n) is 15.1. The van der Waals surface area contributed by atoms with Crippen LogP contribution in [-0.2, 0) is 23.7 Å². The van der Waals surface area contributed by atoms with Crippen LogP contribution in [0.1, 0.15) is 149 Å². The van der Waals surface area contributed by atoms with Crippen LogP contribution in [-0.4, -0.2) is 140 Å². The number of amides is 1. The Labute approximate surface area is 317 Å². The van der Waals surface area contributed by atoms with E-state index in [-0.39, 0.29) is 12.5 Å². The Kier molecular flexibility index (Phi) is 25.8. The number of carbonyl (C=O) groups excluding carboxylic acids is 1. The molecule has 0 radical (unpaired) electrons. The third kappa shape index (κ3) is 17.8. The Hall–Kier alpha value is -1.01. The summed E-state index contributed by atoms with van der Waals surface area (Å²) in [5.74, 6) is -0.221. The molecule has 314 valence electrons. The van der Waals surface area contributed by atoms with Crippen LogP contribution in [0.15, 0.2) is 0 Å². The van der Waals surface area contributed by atoms with E-state index >= 15 is 0 Å². The first-order valence-electron chi connectivity index (χ1n) is 20.8. The van der Waals surface area contributed by atoms with Crippen molar-refractivity contribution in [3.63, 3.8) is 0 Å². The first-order chi connectivity index (χ1) is 25.6. The van der Waals surface area contributed by atoms with E-state index in [9.17, 15) is 45.6 Å². The van der Waals surface area contributed by atoms with Crippen molar-refractivity contribution in [1.29, 1.82) is 0 Å². The number of carbonyl (C=O) groups is 1. The number of hydrogen-bond acceptors (Lipinski definition) is 13. The zero-order valence-electron chi connectivity index (χ0n) is 32.5. The number of ether oxygens (including phenoxy) is 4. The fraction of sp³-hybridized carbons (Fsp3) is 0.974. The van der Waals surface area contributed by atoms with E-state index in [4.69, 9.17) is 18.9 Å². The van der Waals surface area contributed by atoms with Crippen molar-refractivity contribution < 1.29 is 64.6 Å². The molecule has 12 unspecified atom stereocenters. The van der Waals surface area contributed by atoms with E-state index in [0.717, 1.165) is 57.8 Å². The van der Waals surface area contributed by atoms with Crippen molar-refractivity contribution >= 4 is 5.91 Å². The summed E-state index contributed by atoms with van der Waals surface area (Å²) in [6, 6.07) is -0.816. The number of rotatable bonds is 30. The van der Waals surface area contributed by atoms with Crippen LogP contribution < -0.4 is 5.32 Å². The zero-order chi connectivity index (χ0) is 39.0. The van der Waals surface area contributed by atoms with Gasteiger partial charge in [-0.15, -0.1) is 0 Å². The molecule has 0 aliphatic carbocycles. The van der Waals surface area contributed by atoms with Crippen LogP contribution in [0.3, 0.4) is 0 Å². The molecule has 0 aromatic heterocycles. The smallest absolute Gasteiger partial charge is 0.220 e. The van der Waals surface area contributed by atoms with E-state index in [0.29, 0.717) is 12.8 Å². The standard InChI is InChI=1S/C39H75NO13/c1-3-5-7-9-10-11-12-13-14-15-16-17-19-20-22-28(43)27(40-31(44)23-21-18-8-6-4-2)26-50-38-36(49)34(47)37(30(25-42)52-38)53-39-35(48)33(46)32(45)29(24-41)51-39/h27-30,32-39,41-43,45-49H,3-26H2,1-2H3,(H,40,44). The van der Waals surface area contributed by atoms with Crippen molar-refractivity contribution in [2.75, 3.05) is 19.8 Å². The molecular formula is C39H75NO13. The van der Waals surface area contributed by atoms with Crippen LogP contribution >= 0.6 is 0 Å². The fourth-order valence-electron chi connectivity index (χ4n) is 7.06. The van der Waals surface area contributed by atoms with Gasteiger partial charge in [0.15, 0.2) is 12.6 Å². The molecule has 2 fully saturated rings. The molecule has 0 spiro atoms. The maximum Gasteiger partial charge on any atom is 0.220 e. The van der Waals surface area contributed by atoms with Gasteiger partial charge in [0.1, 0.15) is 48.8 Å². The lowest BCUT2D eigenvalue weighted by molar-refractivity contribution is -0.359. The zero-order valence-corrected chi connectivity index (χ0v) is 32.5. The highest BCUT2D eigenvalue weighted by atomic mass is 16.7. The molecule has 12 atom stereocenters. The van der Waals surface area contributed by atoms with E-state index in [2.05, 4.69) is 19.2 Å². The largest absolute Gasteiger partial charge is 0.394 e. The molecule has 0 saturated carbocycles. The summed E-state index contributed by atoms with van der Waals surface area (Å²) in [6.07, 6.45) is 6.00. The summed E-state index contributed by atoms with van der Waals surface area (Å²) in [5, 5.41) is 86.1. The lowest BCUT2D eigenvalue weighted by Gasteiger charge is -2.46. The molecule has 2 aliphatic rings. The van der Waals surface area contributed by atoms with Gasteiger partial charge in [0.2, 0.25) is 5.91 Å². The van der Waals surface area contributed by atoms with Gasteiger partial charge in [0.05, 0.1) is 32.0 Å². The average molecular weight is 766 g/mol. The second kappa shape index (κ2) is 28.4. The van der Waals surface area contributed by atoms with Gasteiger partial charge in [-0.2, -0.15) is 0 Å². The molecule has 14 nitrogen and oxygen atoms in total. The molecule has 9 N–H and O–H groups in total. The lowest BCUT2D eigenvalue weighted by atomic mass is 9.97. The lowest BCUT2D eigenvalue weighted by Crippen LogP contribution is -2.65. The molecule has 53 heavy (non-hydrogen) atoms. The molecule has 0 aromatic rings. The van der Waals surface area contributed by atoms with Crippen LogP contribution in [0.4, 0.5) is 0 Å². The molecule has 0 aromatic carbocycles. The van der Waals surface area contributed by atoms with Gasteiger partial charge >= 0.3 is 0 Å². The SMILES string of the molecule is CCCCCCCCCCCCCCCCC(O)C(COC1OC(CO)C(OC2OC(CO)C(O)C(O)C2O)C(O)C1O)NC(=O)CCCCCCC. The highest BCUT2D eigenvalue weighted by Gasteiger charge is 2.50. The van der Waals surface area contributed by atoms with Crippen LogP contribution in [0.25, 0.3) is 0 Å². The van der Waals surface area contributed by atoms with Gasteiger partial charge in [-0.25, -0.2) is 0 Å². The predicted molar refractivity (Wildman–Crippen MR) is 199 cm³/mol. The number of unbranched alkanes of at least 4 members (excludes halogenated alkanes) is 17. The fourth-order valence-corrected chi connectivity index (χ4v) is 7.06. The highest BCUT2D eigenvalue weighted by Crippen LogP contribution is 2.30. The Morgan fingerprint density at radius 3 is 1.60 bits per heavy atom. The van der Waals surface area contributed by atoms with Crippen LogP contribution in [0.2, 0.25) is 0 Å². The minimum Gasteiger partial charge on any atom is -0.394 e.